The van der Waals surface area contributed by atoms with E-state index < -0.39 is 0 Å². The third-order valence-corrected chi connectivity index (χ3v) is 3.83. The monoisotopic (exact) mass is 347 g/mol. The zero-order chi connectivity index (χ0) is 17.6. The molecule has 0 aliphatic carbocycles. The van der Waals surface area contributed by atoms with Crippen LogP contribution in [-0.2, 0) is 0 Å². The number of nitriles is 1. The zero-order valence-electron chi connectivity index (χ0n) is 13.2. The fourth-order valence-electron chi connectivity index (χ4n) is 2.29. The molecule has 0 heterocycles. The third-order valence-electron chi connectivity index (χ3n) is 3.58. The highest BCUT2D eigenvalue weighted by molar-refractivity contribution is 6.30. The second-order valence-electron chi connectivity index (χ2n) is 5.32. The Hall–Kier alpha value is -3.29. The lowest BCUT2D eigenvalue weighted by molar-refractivity contribution is 0.102. The van der Waals surface area contributed by atoms with E-state index in [1.54, 1.807) is 42.5 Å². The molecule has 5 heteroatoms. The second-order valence-corrected chi connectivity index (χ2v) is 5.76. The molecule has 0 aliphatic heterocycles. The van der Waals surface area contributed by atoms with Gasteiger partial charge in [-0.3, -0.25) is 4.79 Å². The number of anilines is 3. The van der Waals surface area contributed by atoms with E-state index in [0.29, 0.717) is 21.8 Å². The molecule has 0 bridgehead atoms. The Labute approximate surface area is 150 Å². The fraction of sp³-hybridized carbons (Fsp3) is 0. The Morgan fingerprint density at radius 3 is 2.20 bits per heavy atom. The fourth-order valence-corrected chi connectivity index (χ4v) is 2.41. The lowest BCUT2D eigenvalue weighted by Gasteiger charge is -2.10. The Bertz CT molecular complexity index is 928. The number of nitrogens with zero attached hydrogens (tertiary/aromatic N) is 1. The maximum absolute atomic E-state index is 12.2. The molecule has 0 aromatic heterocycles. The molecular formula is C20H14ClN3O. The van der Waals surface area contributed by atoms with Crippen molar-refractivity contribution in [2.45, 2.75) is 0 Å². The van der Waals surface area contributed by atoms with E-state index in [2.05, 4.69) is 16.7 Å². The molecule has 25 heavy (non-hydrogen) atoms. The number of nitrogens with one attached hydrogen (secondary N) is 2. The summed E-state index contributed by atoms with van der Waals surface area (Å²) < 4.78 is 0. The minimum atomic E-state index is -0.202. The second kappa shape index (κ2) is 7.52. The smallest absolute Gasteiger partial charge is 0.255 e. The molecule has 0 unspecified atom stereocenters. The minimum Gasteiger partial charge on any atom is -0.354 e. The topological polar surface area (TPSA) is 64.9 Å². The maximum Gasteiger partial charge on any atom is 0.255 e. The average Bonchev–Trinajstić information content (AvgIpc) is 2.64. The largest absolute Gasteiger partial charge is 0.354 e. The molecule has 0 saturated carbocycles. The van der Waals surface area contributed by atoms with Gasteiger partial charge in [-0.15, -0.1) is 0 Å². The first kappa shape index (κ1) is 16.6. The molecule has 0 atom stereocenters. The molecule has 122 valence electrons. The van der Waals surface area contributed by atoms with Crippen LogP contribution < -0.4 is 10.6 Å². The van der Waals surface area contributed by atoms with Gasteiger partial charge in [-0.2, -0.15) is 5.26 Å². The van der Waals surface area contributed by atoms with E-state index in [4.69, 9.17) is 16.9 Å². The number of hydrogen-bond donors (Lipinski definition) is 2. The van der Waals surface area contributed by atoms with Crippen LogP contribution in [0.3, 0.4) is 0 Å². The van der Waals surface area contributed by atoms with E-state index in [-0.39, 0.29) is 5.91 Å². The molecule has 3 rings (SSSR count). The van der Waals surface area contributed by atoms with Crippen LogP contribution >= 0.6 is 11.6 Å². The maximum atomic E-state index is 12.2. The van der Waals surface area contributed by atoms with Crippen LogP contribution in [0, 0.1) is 11.3 Å². The first-order valence-electron chi connectivity index (χ1n) is 7.59. The first-order chi connectivity index (χ1) is 12.2. The van der Waals surface area contributed by atoms with Crippen molar-refractivity contribution in [3.05, 3.63) is 88.9 Å². The summed E-state index contributed by atoms with van der Waals surface area (Å²) >= 11 is 5.82. The third kappa shape index (κ3) is 4.17. The van der Waals surface area contributed by atoms with Crippen LogP contribution in [-0.4, -0.2) is 5.91 Å². The highest BCUT2D eigenvalue weighted by atomic mass is 35.5. The zero-order valence-corrected chi connectivity index (χ0v) is 13.9. The molecule has 1 amide bonds. The van der Waals surface area contributed by atoms with Crippen molar-refractivity contribution in [3.8, 4) is 6.07 Å². The van der Waals surface area contributed by atoms with E-state index in [0.717, 1.165) is 11.4 Å². The molecule has 0 aliphatic rings. The summed E-state index contributed by atoms with van der Waals surface area (Å²) in [5.41, 5.74) is 3.35. The van der Waals surface area contributed by atoms with Crippen molar-refractivity contribution < 1.29 is 4.79 Å². The number of carbonyl (C=O) groups is 1. The molecule has 0 saturated heterocycles. The molecule has 0 fully saturated rings. The van der Waals surface area contributed by atoms with Gasteiger partial charge in [0.25, 0.3) is 5.91 Å². The Kier molecular flexibility index (Phi) is 4.98. The normalized spacial score (nSPS) is 9.92. The number of halogens is 1. The van der Waals surface area contributed by atoms with Crippen molar-refractivity contribution in [3.63, 3.8) is 0 Å². The highest BCUT2D eigenvalue weighted by Crippen LogP contribution is 2.22. The van der Waals surface area contributed by atoms with Gasteiger partial charge in [-0.25, -0.2) is 0 Å². The van der Waals surface area contributed by atoms with Gasteiger partial charge in [0.1, 0.15) is 6.07 Å². The summed E-state index contributed by atoms with van der Waals surface area (Å²) in [7, 11) is 0. The van der Waals surface area contributed by atoms with Crippen LogP contribution in [0.1, 0.15) is 15.9 Å². The van der Waals surface area contributed by atoms with Gasteiger partial charge in [-0.1, -0.05) is 23.7 Å². The SMILES string of the molecule is N#Cc1ccccc1Nc1ccc(NC(=O)c2ccc(Cl)cc2)cc1. The van der Waals surface area contributed by atoms with Crippen LogP contribution in [0.25, 0.3) is 0 Å². The highest BCUT2D eigenvalue weighted by Gasteiger charge is 2.06. The Morgan fingerprint density at radius 2 is 1.52 bits per heavy atom. The summed E-state index contributed by atoms with van der Waals surface area (Å²) in [5.74, 6) is -0.202. The van der Waals surface area contributed by atoms with E-state index in [9.17, 15) is 4.79 Å². The lowest BCUT2D eigenvalue weighted by Crippen LogP contribution is -2.11. The number of rotatable bonds is 4. The average molecular weight is 348 g/mol. The van der Waals surface area contributed by atoms with Gasteiger partial charge in [0.2, 0.25) is 0 Å². The summed E-state index contributed by atoms with van der Waals surface area (Å²) in [6, 6.07) is 23.4. The number of amides is 1. The molecular weight excluding hydrogens is 334 g/mol. The molecule has 3 aromatic carbocycles. The predicted molar refractivity (Wildman–Crippen MR) is 100 cm³/mol. The quantitative estimate of drug-likeness (QED) is 0.681. The van der Waals surface area contributed by atoms with E-state index in [1.807, 2.05) is 30.3 Å². The molecule has 3 aromatic rings. The van der Waals surface area contributed by atoms with Gasteiger partial charge in [0, 0.05) is 22.0 Å². The van der Waals surface area contributed by atoms with Gasteiger partial charge in [0.15, 0.2) is 0 Å². The number of hydrogen-bond acceptors (Lipinski definition) is 3. The standard InChI is InChI=1S/C20H14ClN3O/c21-16-7-5-14(6-8-16)20(25)24-18-11-9-17(10-12-18)23-19-4-2-1-3-15(19)13-22/h1-12,23H,(H,24,25). The molecule has 2 N–H and O–H groups in total. The van der Waals surface area contributed by atoms with Gasteiger partial charge in [-0.05, 0) is 60.7 Å². The van der Waals surface area contributed by atoms with Crippen LogP contribution in [0.4, 0.5) is 17.1 Å². The Morgan fingerprint density at radius 1 is 0.880 bits per heavy atom. The summed E-state index contributed by atoms with van der Waals surface area (Å²) in [5, 5.41) is 15.7. The van der Waals surface area contributed by atoms with E-state index in [1.165, 1.54) is 0 Å². The van der Waals surface area contributed by atoms with Crippen molar-refractivity contribution in [1.82, 2.24) is 0 Å². The predicted octanol–water partition coefficient (Wildman–Crippen LogP) is 5.21. The van der Waals surface area contributed by atoms with Gasteiger partial charge < -0.3 is 10.6 Å². The van der Waals surface area contributed by atoms with Crippen molar-refractivity contribution >= 4 is 34.6 Å². The first-order valence-corrected chi connectivity index (χ1v) is 7.96. The van der Waals surface area contributed by atoms with Gasteiger partial charge in [0.05, 0.1) is 11.3 Å². The van der Waals surface area contributed by atoms with Crippen molar-refractivity contribution in [2.75, 3.05) is 10.6 Å². The number of para-hydroxylation sites is 1. The minimum absolute atomic E-state index is 0.202. The van der Waals surface area contributed by atoms with Gasteiger partial charge >= 0.3 is 0 Å². The summed E-state index contributed by atoms with van der Waals surface area (Å²) in [6.45, 7) is 0. The van der Waals surface area contributed by atoms with Crippen molar-refractivity contribution in [2.24, 2.45) is 0 Å². The van der Waals surface area contributed by atoms with Crippen LogP contribution in [0.15, 0.2) is 72.8 Å². The van der Waals surface area contributed by atoms with Crippen molar-refractivity contribution in [1.29, 1.82) is 5.26 Å². The summed E-state index contributed by atoms with van der Waals surface area (Å²) in [6.07, 6.45) is 0. The molecule has 0 spiro atoms. The number of carbonyl (C=O) groups excluding carboxylic acids is 1. The van der Waals surface area contributed by atoms with Crippen LogP contribution in [0.2, 0.25) is 5.02 Å². The molecule has 4 nitrogen and oxygen atoms in total. The number of benzene rings is 3. The lowest BCUT2D eigenvalue weighted by atomic mass is 10.2. The molecule has 0 radical (unpaired) electrons. The van der Waals surface area contributed by atoms with E-state index >= 15 is 0 Å². The Balaban J connectivity index is 1.69. The van der Waals surface area contributed by atoms with Crippen LogP contribution in [0.5, 0.6) is 0 Å². The summed E-state index contributed by atoms with van der Waals surface area (Å²) in [4.78, 5) is 12.2.